The van der Waals surface area contributed by atoms with Crippen LogP contribution in [0.1, 0.15) is 11.6 Å². The van der Waals surface area contributed by atoms with E-state index in [2.05, 4.69) is 26.9 Å². The van der Waals surface area contributed by atoms with E-state index in [0.29, 0.717) is 0 Å². The summed E-state index contributed by atoms with van der Waals surface area (Å²) >= 11 is 0. The molecule has 1 aromatic carbocycles. The van der Waals surface area contributed by atoms with E-state index in [1.54, 1.807) is 0 Å². The van der Waals surface area contributed by atoms with Crippen LogP contribution in [0.5, 0.6) is 0 Å². The van der Waals surface area contributed by atoms with Gasteiger partial charge in [-0.3, -0.25) is 4.90 Å². The van der Waals surface area contributed by atoms with Crippen LogP contribution in [0.25, 0.3) is 10.9 Å². The van der Waals surface area contributed by atoms with Gasteiger partial charge in [-0.2, -0.15) is 0 Å². The minimum absolute atomic E-state index is 0.187. The number of piperazine rings is 1. The van der Waals surface area contributed by atoms with Crippen LogP contribution < -0.4 is 5.32 Å². The molecule has 0 saturated carbocycles. The zero-order valence-electron chi connectivity index (χ0n) is 12.5. The molecule has 2 heterocycles. The van der Waals surface area contributed by atoms with Crippen molar-refractivity contribution in [1.82, 2.24) is 14.8 Å². The van der Waals surface area contributed by atoms with Crippen LogP contribution in [0, 0.1) is 0 Å². The number of carbonyl (C=O) groups is 1. The number of nitrogens with one attached hydrogen (secondary N) is 1. The number of esters is 1. The summed E-state index contributed by atoms with van der Waals surface area (Å²) in [6.07, 6.45) is 2.05. The van der Waals surface area contributed by atoms with Crippen molar-refractivity contribution in [2.45, 2.75) is 6.04 Å². The Morgan fingerprint density at radius 1 is 1.29 bits per heavy atom. The highest BCUT2D eigenvalue weighted by molar-refractivity contribution is 5.90. The number of para-hydroxylation sites is 1. The molecule has 1 N–H and O–H groups in total. The summed E-state index contributed by atoms with van der Waals surface area (Å²) in [6, 6.07) is 7.85. The van der Waals surface area contributed by atoms with Gasteiger partial charge in [0.2, 0.25) is 0 Å². The number of fused-ring (bicyclic) bond motifs is 1. The summed E-state index contributed by atoms with van der Waals surface area (Å²) in [5.41, 5.74) is 2.17. The lowest BCUT2D eigenvalue weighted by Gasteiger charge is -2.33. The Kier molecular flexibility index (Phi) is 3.94. The van der Waals surface area contributed by atoms with Gasteiger partial charge >= 0.3 is 5.97 Å². The highest BCUT2D eigenvalue weighted by Crippen LogP contribution is 2.30. The number of aryl methyl sites for hydroxylation is 1. The molecule has 3 rings (SSSR count). The van der Waals surface area contributed by atoms with Gasteiger partial charge in [-0.25, -0.2) is 4.79 Å². The topological polar surface area (TPSA) is 46.5 Å². The van der Waals surface area contributed by atoms with E-state index in [-0.39, 0.29) is 12.0 Å². The molecule has 1 aliphatic heterocycles. The minimum Gasteiger partial charge on any atom is -0.468 e. The highest BCUT2D eigenvalue weighted by Gasteiger charge is 2.31. The molecule has 21 heavy (non-hydrogen) atoms. The lowest BCUT2D eigenvalue weighted by Crippen LogP contribution is -2.47. The van der Waals surface area contributed by atoms with Crippen molar-refractivity contribution in [2.75, 3.05) is 33.3 Å². The van der Waals surface area contributed by atoms with Crippen LogP contribution in [0.2, 0.25) is 0 Å². The van der Waals surface area contributed by atoms with Crippen molar-refractivity contribution in [3.63, 3.8) is 0 Å². The fourth-order valence-corrected chi connectivity index (χ4v) is 3.12. The number of hydrogen-bond donors (Lipinski definition) is 1. The summed E-state index contributed by atoms with van der Waals surface area (Å²) in [6.45, 7) is 3.50. The third-order valence-electron chi connectivity index (χ3n) is 4.16. The molecule has 1 saturated heterocycles. The second kappa shape index (κ2) is 5.87. The predicted octanol–water partition coefficient (Wildman–Crippen LogP) is 1.30. The van der Waals surface area contributed by atoms with E-state index in [1.165, 1.54) is 7.11 Å². The third kappa shape index (κ3) is 2.54. The molecular formula is C16H21N3O2. The SMILES string of the molecule is COC(=O)C(c1cn(C)c2ccccc12)N1CCNCC1. The van der Waals surface area contributed by atoms with E-state index in [9.17, 15) is 4.79 Å². The normalized spacial score (nSPS) is 17.8. The number of nitrogens with zero attached hydrogens (tertiary/aromatic N) is 2. The zero-order chi connectivity index (χ0) is 14.8. The van der Waals surface area contributed by atoms with Crippen LogP contribution in [0.15, 0.2) is 30.5 Å². The second-order valence-electron chi connectivity index (χ2n) is 5.42. The quantitative estimate of drug-likeness (QED) is 0.864. The number of benzene rings is 1. The first-order valence-electron chi connectivity index (χ1n) is 7.29. The van der Waals surface area contributed by atoms with E-state index >= 15 is 0 Å². The summed E-state index contributed by atoms with van der Waals surface area (Å²) in [5, 5.41) is 4.44. The van der Waals surface area contributed by atoms with Crippen LogP contribution in [-0.2, 0) is 16.6 Å². The van der Waals surface area contributed by atoms with Gasteiger partial charge in [0.1, 0.15) is 6.04 Å². The largest absolute Gasteiger partial charge is 0.468 e. The molecule has 1 aromatic heterocycles. The summed E-state index contributed by atoms with van der Waals surface area (Å²) in [4.78, 5) is 14.6. The molecule has 0 bridgehead atoms. The van der Waals surface area contributed by atoms with Gasteiger partial charge in [-0.1, -0.05) is 18.2 Å². The molecule has 5 nitrogen and oxygen atoms in total. The minimum atomic E-state index is -0.330. The Balaban J connectivity index is 2.07. The van der Waals surface area contributed by atoms with Crippen LogP contribution in [0.3, 0.4) is 0 Å². The molecule has 5 heteroatoms. The monoisotopic (exact) mass is 287 g/mol. The number of hydrogen-bond acceptors (Lipinski definition) is 4. The molecule has 1 fully saturated rings. The fourth-order valence-electron chi connectivity index (χ4n) is 3.12. The molecular weight excluding hydrogens is 266 g/mol. The fraction of sp³-hybridized carbons (Fsp3) is 0.438. The highest BCUT2D eigenvalue weighted by atomic mass is 16.5. The third-order valence-corrected chi connectivity index (χ3v) is 4.16. The van der Waals surface area contributed by atoms with Gasteiger partial charge in [0, 0.05) is 55.9 Å². The molecule has 1 atom stereocenters. The smallest absolute Gasteiger partial charge is 0.327 e. The Morgan fingerprint density at radius 2 is 2.00 bits per heavy atom. The lowest BCUT2D eigenvalue weighted by atomic mass is 10.0. The first-order chi connectivity index (χ1) is 10.2. The number of carbonyl (C=O) groups excluding carboxylic acids is 1. The molecule has 1 aliphatic rings. The predicted molar refractivity (Wildman–Crippen MR) is 82.1 cm³/mol. The van der Waals surface area contributed by atoms with Crippen molar-refractivity contribution in [3.8, 4) is 0 Å². The number of methoxy groups -OCH3 is 1. The van der Waals surface area contributed by atoms with Gasteiger partial charge < -0.3 is 14.6 Å². The Morgan fingerprint density at radius 3 is 2.71 bits per heavy atom. The van der Waals surface area contributed by atoms with Crippen LogP contribution in [0.4, 0.5) is 0 Å². The average Bonchev–Trinajstić information content (AvgIpc) is 2.86. The van der Waals surface area contributed by atoms with Gasteiger partial charge in [0.15, 0.2) is 0 Å². The molecule has 2 aromatic rings. The summed E-state index contributed by atoms with van der Waals surface area (Å²) in [5.74, 6) is -0.187. The standard InChI is InChI=1S/C16H21N3O2/c1-18-11-13(12-5-3-4-6-14(12)18)15(16(20)21-2)19-9-7-17-8-10-19/h3-6,11,15,17H,7-10H2,1-2H3. The van der Waals surface area contributed by atoms with Crippen molar-refractivity contribution in [1.29, 1.82) is 0 Å². The molecule has 0 radical (unpaired) electrons. The Hall–Kier alpha value is -1.85. The van der Waals surface area contributed by atoms with Crippen molar-refractivity contribution in [3.05, 3.63) is 36.0 Å². The summed E-state index contributed by atoms with van der Waals surface area (Å²) in [7, 11) is 3.47. The maximum Gasteiger partial charge on any atom is 0.327 e. The van der Waals surface area contributed by atoms with Gasteiger partial charge in [0.05, 0.1) is 7.11 Å². The molecule has 1 unspecified atom stereocenters. The number of rotatable bonds is 3. The average molecular weight is 287 g/mol. The molecule has 112 valence electrons. The maximum absolute atomic E-state index is 12.4. The number of ether oxygens (including phenoxy) is 1. The lowest BCUT2D eigenvalue weighted by molar-refractivity contribution is -0.147. The molecule has 0 spiro atoms. The first kappa shape index (κ1) is 14.1. The zero-order valence-corrected chi connectivity index (χ0v) is 12.5. The second-order valence-corrected chi connectivity index (χ2v) is 5.42. The van der Waals surface area contributed by atoms with E-state index in [0.717, 1.165) is 42.6 Å². The van der Waals surface area contributed by atoms with Crippen molar-refractivity contribution < 1.29 is 9.53 Å². The Labute approximate surface area is 124 Å². The van der Waals surface area contributed by atoms with E-state index in [1.807, 2.05) is 25.4 Å². The first-order valence-corrected chi connectivity index (χ1v) is 7.29. The molecule has 0 amide bonds. The van der Waals surface area contributed by atoms with E-state index < -0.39 is 0 Å². The van der Waals surface area contributed by atoms with Gasteiger partial charge in [-0.15, -0.1) is 0 Å². The van der Waals surface area contributed by atoms with Gasteiger partial charge in [0.25, 0.3) is 0 Å². The van der Waals surface area contributed by atoms with Crippen molar-refractivity contribution >= 4 is 16.9 Å². The molecule has 0 aliphatic carbocycles. The van der Waals surface area contributed by atoms with Crippen LogP contribution >= 0.6 is 0 Å². The van der Waals surface area contributed by atoms with Crippen LogP contribution in [-0.4, -0.2) is 48.7 Å². The Bertz CT molecular complexity index is 644. The summed E-state index contributed by atoms with van der Waals surface area (Å²) < 4.78 is 7.14. The van der Waals surface area contributed by atoms with Gasteiger partial charge in [-0.05, 0) is 6.07 Å². The maximum atomic E-state index is 12.4. The number of aromatic nitrogens is 1. The van der Waals surface area contributed by atoms with Crippen molar-refractivity contribution in [2.24, 2.45) is 7.05 Å². The van der Waals surface area contributed by atoms with E-state index in [4.69, 9.17) is 4.74 Å².